The van der Waals surface area contributed by atoms with Crippen LogP contribution in [-0.4, -0.2) is 56.7 Å². The van der Waals surface area contributed by atoms with Gasteiger partial charge in [0.2, 0.25) is 5.91 Å². The number of nitrogens with zero attached hydrogens (tertiary/aromatic N) is 1. The van der Waals surface area contributed by atoms with Crippen molar-refractivity contribution in [3.63, 3.8) is 0 Å². The summed E-state index contributed by atoms with van der Waals surface area (Å²) in [5.74, 6) is -0.203. The van der Waals surface area contributed by atoms with Gasteiger partial charge in [0.25, 0.3) is 5.91 Å². The first kappa shape index (κ1) is 20.5. The van der Waals surface area contributed by atoms with Crippen molar-refractivity contribution < 1.29 is 19.1 Å². The van der Waals surface area contributed by atoms with Crippen LogP contribution in [0.5, 0.6) is 5.75 Å². The molecule has 0 heterocycles. The zero-order valence-electron chi connectivity index (χ0n) is 14.0. The monoisotopic (exact) mass is 376 g/mol. The molecule has 0 unspecified atom stereocenters. The fourth-order valence-corrected chi connectivity index (χ4v) is 2.37. The molecule has 0 fully saturated rings. The predicted octanol–water partition coefficient (Wildman–Crippen LogP) is 2.37. The second kappa shape index (κ2) is 10.4. The third-order valence-corrected chi connectivity index (χ3v) is 3.68. The first-order valence-electron chi connectivity index (χ1n) is 7.47. The maximum atomic E-state index is 12.3. The number of nitrogens with one attached hydrogen (secondary N) is 1. The lowest BCUT2D eigenvalue weighted by Gasteiger charge is -2.22. The van der Waals surface area contributed by atoms with Crippen LogP contribution in [-0.2, 0) is 14.3 Å². The molecule has 1 aromatic rings. The molecule has 8 heteroatoms. The Morgan fingerprint density at radius 1 is 1.33 bits per heavy atom. The molecule has 1 N–H and O–H groups in total. The highest BCUT2D eigenvalue weighted by atomic mass is 35.5. The lowest BCUT2D eigenvalue weighted by atomic mass is 10.3. The number of amides is 2. The number of carbonyl (C=O) groups excluding carboxylic acids is 2. The van der Waals surface area contributed by atoms with Crippen LogP contribution in [0.3, 0.4) is 0 Å². The van der Waals surface area contributed by atoms with E-state index in [1.165, 1.54) is 11.0 Å². The molecule has 1 aromatic carbocycles. The quantitative estimate of drug-likeness (QED) is 0.671. The Labute approximate surface area is 152 Å². The lowest BCUT2D eigenvalue weighted by Crippen LogP contribution is -2.43. The number of ether oxygens (including phenoxy) is 2. The third kappa shape index (κ3) is 6.95. The van der Waals surface area contributed by atoms with Crippen LogP contribution in [0.25, 0.3) is 0 Å². The minimum atomic E-state index is -0.782. The van der Waals surface area contributed by atoms with E-state index in [4.69, 9.17) is 32.7 Å². The van der Waals surface area contributed by atoms with Crippen LogP contribution in [0.2, 0.25) is 10.0 Å². The van der Waals surface area contributed by atoms with Gasteiger partial charge < -0.3 is 19.7 Å². The molecule has 134 valence electrons. The summed E-state index contributed by atoms with van der Waals surface area (Å²) in [5, 5.41) is 3.52. The molecule has 0 bridgehead atoms. The van der Waals surface area contributed by atoms with E-state index in [0.717, 1.165) is 0 Å². The molecule has 2 amide bonds. The van der Waals surface area contributed by atoms with Crippen molar-refractivity contribution in [2.75, 3.05) is 33.9 Å². The van der Waals surface area contributed by atoms with Gasteiger partial charge in [-0.2, -0.15) is 0 Å². The van der Waals surface area contributed by atoms with Gasteiger partial charge in [0, 0.05) is 32.3 Å². The van der Waals surface area contributed by atoms with Crippen molar-refractivity contribution in [3.05, 3.63) is 28.2 Å². The van der Waals surface area contributed by atoms with Crippen molar-refractivity contribution in [2.24, 2.45) is 0 Å². The van der Waals surface area contributed by atoms with E-state index in [-0.39, 0.29) is 18.4 Å². The summed E-state index contributed by atoms with van der Waals surface area (Å²) in [7, 11) is 3.14. The number of hydrogen-bond acceptors (Lipinski definition) is 4. The topological polar surface area (TPSA) is 67.9 Å². The summed E-state index contributed by atoms with van der Waals surface area (Å²) in [6, 6.07) is 4.75. The van der Waals surface area contributed by atoms with Crippen LogP contribution >= 0.6 is 23.2 Å². The van der Waals surface area contributed by atoms with E-state index in [1.807, 2.05) is 0 Å². The van der Waals surface area contributed by atoms with Crippen molar-refractivity contribution in [3.8, 4) is 5.75 Å². The van der Waals surface area contributed by atoms with Gasteiger partial charge in [-0.05, 0) is 31.5 Å². The Hall–Kier alpha value is -1.50. The first-order chi connectivity index (χ1) is 11.3. The van der Waals surface area contributed by atoms with Crippen LogP contribution in [0.1, 0.15) is 13.3 Å². The second-order valence-corrected chi connectivity index (χ2v) is 6.07. The van der Waals surface area contributed by atoms with E-state index in [9.17, 15) is 9.59 Å². The van der Waals surface area contributed by atoms with Gasteiger partial charge in [-0.25, -0.2) is 0 Å². The fraction of sp³-hybridized carbons (Fsp3) is 0.500. The predicted molar refractivity (Wildman–Crippen MR) is 93.7 cm³/mol. The highest BCUT2D eigenvalue weighted by Gasteiger charge is 2.21. The average Bonchev–Trinajstić information content (AvgIpc) is 2.53. The summed E-state index contributed by atoms with van der Waals surface area (Å²) in [4.78, 5) is 25.3. The number of carbonyl (C=O) groups is 2. The Bertz CT molecular complexity index is 569. The van der Waals surface area contributed by atoms with E-state index < -0.39 is 6.10 Å². The minimum absolute atomic E-state index is 0.0478. The van der Waals surface area contributed by atoms with Crippen molar-refractivity contribution in [1.82, 2.24) is 10.2 Å². The van der Waals surface area contributed by atoms with Gasteiger partial charge in [-0.3, -0.25) is 9.59 Å². The number of methoxy groups -OCH3 is 1. The normalized spacial score (nSPS) is 11.7. The number of likely N-dealkylation sites (N-methyl/N-ethyl adjacent to an activating group) is 1. The molecular formula is C16H22Cl2N2O4. The molecule has 0 aliphatic heterocycles. The molecule has 0 aromatic heterocycles. The zero-order chi connectivity index (χ0) is 18.1. The van der Waals surface area contributed by atoms with Crippen molar-refractivity contribution in [2.45, 2.75) is 19.4 Å². The van der Waals surface area contributed by atoms with Crippen LogP contribution in [0.15, 0.2) is 18.2 Å². The van der Waals surface area contributed by atoms with E-state index >= 15 is 0 Å². The maximum Gasteiger partial charge on any atom is 0.263 e. The fourth-order valence-electron chi connectivity index (χ4n) is 1.92. The molecule has 0 aliphatic rings. The largest absolute Gasteiger partial charge is 0.479 e. The second-order valence-electron chi connectivity index (χ2n) is 5.23. The Morgan fingerprint density at radius 3 is 2.67 bits per heavy atom. The molecule has 0 aliphatic carbocycles. The van der Waals surface area contributed by atoms with Gasteiger partial charge in [-0.1, -0.05) is 23.2 Å². The van der Waals surface area contributed by atoms with Gasteiger partial charge in [-0.15, -0.1) is 0 Å². The summed E-state index contributed by atoms with van der Waals surface area (Å²) in [6.07, 6.45) is -0.0657. The van der Waals surface area contributed by atoms with Crippen molar-refractivity contribution >= 4 is 35.0 Å². The van der Waals surface area contributed by atoms with Crippen LogP contribution < -0.4 is 10.1 Å². The van der Waals surface area contributed by atoms with Gasteiger partial charge in [0.1, 0.15) is 5.75 Å². The standard InChI is InChI=1S/C16H22Cl2N2O4/c1-11(24-14-6-5-12(17)9-13(14)18)16(22)20(2)10-15(21)19-7-4-8-23-3/h5-6,9,11H,4,7-8,10H2,1-3H3,(H,19,21)/t11-/m1/s1. The lowest BCUT2D eigenvalue weighted by molar-refractivity contribution is -0.139. The molecule has 0 saturated carbocycles. The first-order valence-corrected chi connectivity index (χ1v) is 8.23. The number of halogens is 2. The zero-order valence-corrected chi connectivity index (χ0v) is 15.5. The summed E-state index contributed by atoms with van der Waals surface area (Å²) in [6.45, 7) is 2.62. The smallest absolute Gasteiger partial charge is 0.263 e. The maximum absolute atomic E-state index is 12.3. The molecule has 6 nitrogen and oxygen atoms in total. The SMILES string of the molecule is COCCCNC(=O)CN(C)C(=O)[C@@H](C)Oc1ccc(Cl)cc1Cl. The minimum Gasteiger partial charge on any atom is -0.479 e. The summed E-state index contributed by atoms with van der Waals surface area (Å²) >= 11 is 11.8. The Kier molecular flexibility index (Phi) is 8.89. The molecule has 1 rings (SSSR count). The van der Waals surface area contributed by atoms with Gasteiger partial charge in [0.05, 0.1) is 11.6 Å². The molecule has 0 spiro atoms. The van der Waals surface area contributed by atoms with Gasteiger partial charge >= 0.3 is 0 Å². The average molecular weight is 377 g/mol. The summed E-state index contributed by atoms with van der Waals surface area (Å²) < 4.78 is 10.4. The Balaban J connectivity index is 2.47. The molecular weight excluding hydrogens is 355 g/mol. The van der Waals surface area contributed by atoms with E-state index in [0.29, 0.717) is 35.4 Å². The van der Waals surface area contributed by atoms with E-state index in [2.05, 4.69) is 5.32 Å². The van der Waals surface area contributed by atoms with E-state index in [1.54, 1.807) is 33.2 Å². The number of hydrogen-bond donors (Lipinski definition) is 1. The highest BCUT2D eigenvalue weighted by Crippen LogP contribution is 2.28. The highest BCUT2D eigenvalue weighted by molar-refractivity contribution is 6.35. The van der Waals surface area contributed by atoms with Gasteiger partial charge in [0.15, 0.2) is 6.10 Å². The summed E-state index contributed by atoms with van der Waals surface area (Å²) in [5.41, 5.74) is 0. The van der Waals surface area contributed by atoms with Crippen molar-refractivity contribution in [1.29, 1.82) is 0 Å². The molecule has 1 atom stereocenters. The van der Waals surface area contributed by atoms with Crippen LogP contribution in [0, 0.1) is 0 Å². The molecule has 24 heavy (non-hydrogen) atoms. The van der Waals surface area contributed by atoms with Crippen LogP contribution in [0.4, 0.5) is 0 Å². The molecule has 0 saturated heterocycles. The molecule has 0 radical (unpaired) electrons. The number of benzene rings is 1. The third-order valence-electron chi connectivity index (χ3n) is 3.15. The Morgan fingerprint density at radius 2 is 2.04 bits per heavy atom. The number of rotatable bonds is 9.